The number of nitrogens with zero attached hydrogens (tertiary/aromatic N) is 4. The third kappa shape index (κ3) is 5.82. The van der Waals surface area contributed by atoms with Crippen molar-refractivity contribution in [1.29, 1.82) is 0 Å². The van der Waals surface area contributed by atoms with Gasteiger partial charge in [0, 0.05) is 19.6 Å². The predicted octanol–water partition coefficient (Wildman–Crippen LogP) is -0.688. The molecule has 0 radical (unpaired) electrons. The van der Waals surface area contributed by atoms with Crippen LogP contribution in [0.3, 0.4) is 0 Å². The van der Waals surface area contributed by atoms with E-state index in [1.165, 1.54) is 0 Å². The molecule has 1 aliphatic rings. The second-order valence-electron chi connectivity index (χ2n) is 5.01. The lowest BCUT2D eigenvalue weighted by molar-refractivity contribution is -0.122. The summed E-state index contributed by atoms with van der Waals surface area (Å²) in [5.41, 5.74) is 0.675. The number of rotatable bonds is 5. The minimum Gasteiger partial charge on any atom is -0.483 e. The Bertz CT molecular complexity index is 498. The van der Waals surface area contributed by atoms with Gasteiger partial charge in [0.25, 0.3) is 12.4 Å². The molecule has 2 N–H and O–H groups in total. The van der Waals surface area contributed by atoms with Gasteiger partial charge in [0.1, 0.15) is 4.88 Å². The molecule has 2 rings (SSSR count). The fourth-order valence-electron chi connectivity index (χ4n) is 2.25. The van der Waals surface area contributed by atoms with Crippen molar-refractivity contribution < 1.29 is 24.5 Å². The molecule has 1 aromatic heterocycles. The number of likely N-dealkylation sites (N-methyl/N-ethyl adjacent to an activating group) is 1. The molecular formula is C13H22N4O5S. The van der Waals surface area contributed by atoms with E-state index >= 15 is 0 Å². The van der Waals surface area contributed by atoms with E-state index in [9.17, 15) is 4.79 Å². The molecule has 1 fully saturated rings. The first-order valence-corrected chi connectivity index (χ1v) is 7.87. The lowest BCUT2D eigenvalue weighted by Crippen LogP contribution is -2.53. The van der Waals surface area contributed by atoms with Crippen molar-refractivity contribution in [2.45, 2.75) is 13.0 Å². The normalized spacial score (nSPS) is 17.6. The number of aromatic nitrogens is 2. The molecule has 1 amide bonds. The van der Waals surface area contributed by atoms with Crippen LogP contribution in [0.5, 0.6) is 0 Å². The van der Waals surface area contributed by atoms with Crippen molar-refractivity contribution in [3.8, 4) is 0 Å². The highest BCUT2D eigenvalue weighted by Crippen LogP contribution is 2.17. The SMILES string of the molecule is Cc1nnsc1C(=O)N1CCOCC1CN(C)CCO.O=CO. The Morgan fingerprint density at radius 3 is 2.87 bits per heavy atom. The molecular weight excluding hydrogens is 324 g/mol. The van der Waals surface area contributed by atoms with Gasteiger partial charge in [-0.2, -0.15) is 0 Å². The molecule has 0 bridgehead atoms. The molecule has 0 saturated carbocycles. The van der Waals surface area contributed by atoms with Gasteiger partial charge in [0.2, 0.25) is 0 Å². The van der Waals surface area contributed by atoms with Crippen LogP contribution < -0.4 is 0 Å². The van der Waals surface area contributed by atoms with Gasteiger partial charge in [0.15, 0.2) is 0 Å². The molecule has 1 saturated heterocycles. The number of carbonyl (C=O) groups is 2. The minimum atomic E-state index is -0.250. The van der Waals surface area contributed by atoms with E-state index in [0.29, 0.717) is 43.4 Å². The number of hydrogen-bond donors (Lipinski definition) is 2. The quantitative estimate of drug-likeness (QED) is 0.673. The molecule has 0 aliphatic carbocycles. The number of morpholine rings is 1. The Hall–Kier alpha value is -1.62. The molecule has 1 atom stereocenters. The molecule has 0 aromatic carbocycles. The summed E-state index contributed by atoms with van der Waals surface area (Å²) < 4.78 is 9.30. The van der Waals surface area contributed by atoms with E-state index in [1.54, 1.807) is 6.92 Å². The van der Waals surface area contributed by atoms with Crippen LogP contribution in [0.25, 0.3) is 0 Å². The van der Waals surface area contributed by atoms with Gasteiger partial charge in [-0.3, -0.25) is 9.59 Å². The summed E-state index contributed by atoms with van der Waals surface area (Å²) in [5, 5.41) is 19.7. The van der Waals surface area contributed by atoms with Crippen LogP contribution in [0, 0.1) is 6.92 Å². The monoisotopic (exact) mass is 346 g/mol. The standard InChI is InChI=1S/C12H20N4O3S.CH2O2/c1-9-11(20-14-13-9)12(18)16-4-6-19-8-10(16)7-15(2)3-5-17;2-1-3/h10,17H,3-8H2,1-2H3;1H,(H,2,3). The third-order valence-electron chi connectivity index (χ3n) is 3.34. The molecule has 9 nitrogen and oxygen atoms in total. The van der Waals surface area contributed by atoms with Crippen LogP contribution in [0.2, 0.25) is 0 Å². The second-order valence-corrected chi connectivity index (χ2v) is 5.76. The summed E-state index contributed by atoms with van der Waals surface area (Å²) in [5.74, 6) is -0.0248. The number of aliphatic hydroxyl groups is 1. The van der Waals surface area contributed by atoms with Crippen LogP contribution in [0.15, 0.2) is 0 Å². The van der Waals surface area contributed by atoms with E-state index in [1.807, 2.05) is 16.8 Å². The Balaban J connectivity index is 0.000000816. The number of amides is 1. The fourth-order valence-corrected chi connectivity index (χ4v) is 2.87. The van der Waals surface area contributed by atoms with Crippen molar-refractivity contribution in [1.82, 2.24) is 19.4 Å². The van der Waals surface area contributed by atoms with E-state index in [-0.39, 0.29) is 25.0 Å². The lowest BCUT2D eigenvalue weighted by atomic mass is 10.2. The Morgan fingerprint density at radius 1 is 1.61 bits per heavy atom. The van der Waals surface area contributed by atoms with Crippen molar-refractivity contribution >= 4 is 23.9 Å². The molecule has 1 aliphatic heterocycles. The highest BCUT2D eigenvalue weighted by molar-refractivity contribution is 7.07. The smallest absolute Gasteiger partial charge is 0.290 e. The number of hydrogen-bond acceptors (Lipinski definition) is 8. The van der Waals surface area contributed by atoms with Gasteiger partial charge in [-0.15, -0.1) is 5.10 Å². The molecule has 1 unspecified atom stereocenters. The number of aliphatic hydroxyl groups excluding tert-OH is 1. The van der Waals surface area contributed by atoms with Gasteiger partial charge in [-0.05, 0) is 25.5 Å². The number of carbonyl (C=O) groups excluding carboxylic acids is 1. The van der Waals surface area contributed by atoms with Crippen molar-refractivity contribution in [2.75, 3.05) is 46.5 Å². The highest BCUT2D eigenvalue weighted by Gasteiger charge is 2.30. The number of carboxylic acid groups (broad SMARTS) is 1. The highest BCUT2D eigenvalue weighted by atomic mass is 32.1. The van der Waals surface area contributed by atoms with Crippen molar-refractivity contribution in [2.24, 2.45) is 0 Å². The van der Waals surface area contributed by atoms with Crippen molar-refractivity contribution in [3.63, 3.8) is 0 Å². The van der Waals surface area contributed by atoms with Gasteiger partial charge in [-0.25, -0.2) is 0 Å². The summed E-state index contributed by atoms with van der Waals surface area (Å²) >= 11 is 1.14. The zero-order valence-corrected chi connectivity index (χ0v) is 14.0. The average Bonchev–Trinajstić information content (AvgIpc) is 2.94. The maximum absolute atomic E-state index is 12.6. The first-order chi connectivity index (χ1) is 11.0. The summed E-state index contributed by atoms with van der Waals surface area (Å²) in [6.45, 7) is 4.56. The van der Waals surface area contributed by atoms with Gasteiger partial charge < -0.3 is 24.7 Å². The zero-order chi connectivity index (χ0) is 17.2. The van der Waals surface area contributed by atoms with Gasteiger partial charge in [0.05, 0.1) is 31.6 Å². The largest absolute Gasteiger partial charge is 0.483 e. The van der Waals surface area contributed by atoms with Crippen LogP contribution in [0.4, 0.5) is 0 Å². The zero-order valence-electron chi connectivity index (χ0n) is 13.2. The Kier molecular flexibility index (Phi) is 8.62. The maximum atomic E-state index is 12.6. The fraction of sp³-hybridized carbons (Fsp3) is 0.692. The average molecular weight is 346 g/mol. The van der Waals surface area contributed by atoms with E-state index in [2.05, 4.69) is 9.59 Å². The van der Waals surface area contributed by atoms with Crippen molar-refractivity contribution in [3.05, 3.63) is 10.6 Å². The molecule has 0 spiro atoms. The maximum Gasteiger partial charge on any atom is 0.290 e. The predicted molar refractivity (Wildman–Crippen MR) is 83.6 cm³/mol. The third-order valence-corrected chi connectivity index (χ3v) is 4.15. The van der Waals surface area contributed by atoms with E-state index < -0.39 is 0 Å². The molecule has 2 heterocycles. The first-order valence-electron chi connectivity index (χ1n) is 7.10. The molecule has 1 aromatic rings. The summed E-state index contributed by atoms with van der Waals surface area (Å²) in [7, 11) is 1.92. The Labute approximate surface area is 138 Å². The number of ether oxygens (including phenoxy) is 1. The molecule has 23 heavy (non-hydrogen) atoms. The van der Waals surface area contributed by atoms with Crippen LogP contribution in [-0.4, -0.2) is 94.5 Å². The number of aryl methyl sites for hydroxylation is 1. The summed E-state index contributed by atoms with van der Waals surface area (Å²) in [6.07, 6.45) is 0. The lowest BCUT2D eigenvalue weighted by Gasteiger charge is -2.37. The van der Waals surface area contributed by atoms with E-state index in [0.717, 1.165) is 11.5 Å². The first kappa shape index (κ1) is 19.4. The van der Waals surface area contributed by atoms with Gasteiger partial charge in [-0.1, -0.05) is 4.49 Å². The van der Waals surface area contributed by atoms with Crippen LogP contribution in [0.1, 0.15) is 15.4 Å². The molecule has 130 valence electrons. The molecule has 10 heteroatoms. The minimum absolute atomic E-state index is 0.00528. The summed E-state index contributed by atoms with van der Waals surface area (Å²) in [6, 6.07) is -0.00528. The topological polar surface area (TPSA) is 116 Å². The van der Waals surface area contributed by atoms with Gasteiger partial charge >= 0.3 is 0 Å². The van der Waals surface area contributed by atoms with Crippen LogP contribution >= 0.6 is 11.5 Å². The van der Waals surface area contributed by atoms with Crippen LogP contribution in [-0.2, 0) is 9.53 Å². The Morgan fingerprint density at radius 2 is 2.30 bits per heavy atom. The van der Waals surface area contributed by atoms with E-state index in [4.69, 9.17) is 19.7 Å². The second kappa shape index (κ2) is 10.2. The summed E-state index contributed by atoms with van der Waals surface area (Å²) in [4.78, 5) is 25.4.